The molecule has 1 unspecified atom stereocenters. The highest BCUT2D eigenvalue weighted by Crippen LogP contribution is 2.44. The van der Waals surface area contributed by atoms with Crippen molar-refractivity contribution in [2.24, 2.45) is 5.92 Å². The van der Waals surface area contributed by atoms with E-state index in [1.54, 1.807) is 12.1 Å². The smallest absolute Gasteiger partial charge is 0.328 e. The van der Waals surface area contributed by atoms with Gasteiger partial charge in [-0.3, -0.25) is 14.4 Å². The fourth-order valence-electron chi connectivity index (χ4n) is 3.74. The Morgan fingerprint density at radius 2 is 1.96 bits per heavy atom. The summed E-state index contributed by atoms with van der Waals surface area (Å²) in [7, 11) is 0. The minimum Gasteiger partial charge on any atom is -0.480 e. The van der Waals surface area contributed by atoms with Crippen LogP contribution in [0.2, 0.25) is 5.02 Å². The first-order chi connectivity index (χ1) is 12.8. The van der Waals surface area contributed by atoms with Crippen molar-refractivity contribution >= 4 is 35.0 Å². The van der Waals surface area contributed by atoms with E-state index in [4.69, 9.17) is 26.6 Å². The molecule has 1 fully saturated rings. The van der Waals surface area contributed by atoms with Gasteiger partial charge in [-0.2, -0.15) is 0 Å². The van der Waals surface area contributed by atoms with Crippen LogP contribution in [-0.2, 0) is 24.5 Å². The quantitative estimate of drug-likeness (QED) is 0.626. The molecule has 1 saturated heterocycles. The van der Waals surface area contributed by atoms with E-state index in [1.807, 2.05) is 0 Å². The number of ketones is 2. The van der Waals surface area contributed by atoms with Gasteiger partial charge in [-0.05, 0) is 30.5 Å². The SMILES string of the molecule is O=C(N[C@@H](CO)C(=O)O)C1C(=O)c2cc(Cl)ccc2C2(CCOCC2)C1=O. The Bertz CT molecular complexity index is 816. The van der Waals surface area contributed by atoms with Crippen LogP contribution in [0.25, 0.3) is 0 Å². The maximum Gasteiger partial charge on any atom is 0.328 e. The molecule has 1 heterocycles. The maximum absolute atomic E-state index is 13.3. The van der Waals surface area contributed by atoms with Crippen molar-refractivity contribution in [1.82, 2.24) is 5.32 Å². The number of carbonyl (C=O) groups is 4. The van der Waals surface area contributed by atoms with Gasteiger partial charge in [0.05, 0.1) is 12.0 Å². The Morgan fingerprint density at radius 1 is 1.30 bits per heavy atom. The minimum atomic E-state index is -1.69. The standard InChI is InChI=1S/C18H18ClNO7/c19-9-1-2-11-10(7-9)14(22)13(16(24)20-12(8-21)17(25)26)15(23)18(11)3-5-27-6-4-18/h1-2,7,12-13,21H,3-6,8H2,(H,20,24)(H,25,26)/t12-,13?/m0/s1. The van der Waals surface area contributed by atoms with Gasteiger partial charge in [-0.25, -0.2) is 4.79 Å². The van der Waals surface area contributed by atoms with Gasteiger partial charge in [0.2, 0.25) is 5.91 Å². The monoisotopic (exact) mass is 395 g/mol. The second kappa shape index (κ2) is 7.38. The van der Waals surface area contributed by atoms with Crippen LogP contribution in [0.15, 0.2) is 18.2 Å². The molecule has 1 aromatic rings. The van der Waals surface area contributed by atoms with E-state index >= 15 is 0 Å². The zero-order valence-electron chi connectivity index (χ0n) is 14.2. The normalized spacial score (nSPS) is 22.2. The largest absolute Gasteiger partial charge is 0.480 e. The number of amides is 1. The number of Topliss-reactive ketones (excluding diaryl/α,β-unsaturated/α-hetero) is 2. The van der Waals surface area contributed by atoms with Crippen molar-refractivity contribution in [1.29, 1.82) is 0 Å². The Hall–Kier alpha value is -2.29. The Balaban J connectivity index is 2.06. The van der Waals surface area contributed by atoms with Crippen molar-refractivity contribution in [3.05, 3.63) is 34.3 Å². The van der Waals surface area contributed by atoms with Gasteiger partial charge >= 0.3 is 5.97 Å². The lowest BCUT2D eigenvalue weighted by Crippen LogP contribution is -2.57. The van der Waals surface area contributed by atoms with Gasteiger partial charge in [0, 0.05) is 23.8 Å². The van der Waals surface area contributed by atoms with E-state index in [-0.39, 0.29) is 10.6 Å². The molecule has 1 aliphatic heterocycles. The van der Waals surface area contributed by atoms with Gasteiger partial charge in [0.1, 0.15) is 6.04 Å². The fourth-order valence-corrected chi connectivity index (χ4v) is 3.91. The molecule has 0 saturated carbocycles. The molecule has 0 bridgehead atoms. The van der Waals surface area contributed by atoms with Crippen LogP contribution in [0.1, 0.15) is 28.8 Å². The first-order valence-electron chi connectivity index (χ1n) is 8.42. The van der Waals surface area contributed by atoms with Crippen LogP contribution in [0.5, 0.6) is 0 Å². The lowest BCUT2D eigenvalue weighted by atomic mass is 9.61. The molecule has 0 radical (unpaired) electrons. The molecule has 1 aromatic carbocycles. The number of aliphatic carboxylic acids is 1. The number of hydrogen-bond donors (Lipinski definition) is 3. The molecule has 144 valence electrons. The number of carboxylic acid groups (broad SMARTS) is 1. The third-order valence-electron chi connectivity index (χ3n) is 5.16. The van der Waals surface area contributed by atoms with Crippen LogP contribution in [0.3, 0.4) is 0 Å². The van der Waals surface area contributed by atoms with Crippen LogP contribution >= 0.6 is 11.6 Å². The second-order valence-electron chi connectivity index (χ2n) is 6.63. The van der Waals surface area contributed by atoms with E-state index in [0.717, 1.165) is 0 Å². The van der Waals surface area contributed by atoms with Gasteiger partial charge in [-0.15, -0.1) is 0 Å². The fraction of sp³-hybridized carbons (Fsp3) is 0.444. The molecule has 0 aromatic heterocycles. The average molecular weight is 396 g/mol. The summed E-state index contributed by atoms with van der Waals surface area (Å²) in [5.41, 5.74) is -0.363. The van der Waals surface area contributed by atoms with Gasteiger partial charge in [0.25, 0.3) is 0 Å². The molecule has 1 spiro atoms. The molecule has 9 heteroatoms. The number of carboxylic acids is 1. The summed E-state index contributed by atoms with van der Waals surface area (Å²) in [5, 5.41) is 20.5. The first-order valence-corrected chi connectivity index (χ1v) is 8.80. The Kier molecular flexibility index (Phi) is 5.32. The molecule has 3 rings (SSSR count). The van der Waals surface area contributed by atoms with E-state index in [2.05, 4.69) is 5.32 Å². The van der Waals surface area contributed by atoms with Crippen LogP contribution < -0.4 is 5.32 Å². The predicted molar refractivity (Wildman–Crippen MR) is 92.7 cm³/mol. The highest BCUT2D eigenvalue weighted by atomic mass is 35.5. The van der Waals surface area contributed by atoms with E-state index in [9.17, 15) is 19.2 Å². The van der Waals surface area contributed by atoms with Crippen LogP contribution in [0, 0.1) is 5.92 Å². The third-order valence-corrected chi connectivity index (χ3v) is 5.40. The zero-order chi connectivity index (χ0) is 19.8. The maximum atomic E-state index is 13.3. The predicted octanol–water partition coefficient (Wildman–Crippen LogP) is 0.331. The van der Waals surface area contributed by atoms with Crippen LogP contribution in [-0.4, -0.2) is 59.5 Å². The van der Waals surface area contributed by atoms with Gasteiger partial charge in [-0.1, -0.05) is 17.7 Å². The lowest BCUT2D eigenvalue weighted by Gasteiger charge is -2.42. The first kappa shape index (κ1) is 19.5. The Labute approximate surface area is 159 Å². The minimum absolute atomic E-state index is 0.181. The number of benzene rings is 1. The summed E-state index contributed by atoms with van der Waals surface area (Å²) in [6.45, 7) is -0.271. The molecule has 3 N–H and O–H groups in total. The lowest BCUT2D eigenvalue weighted by molar-refractivity contribution is -0.145. The topological polar surface area (TPSA) is 130 Å². The van der Waals surface area contributed by atoms with E-state index in [0.29, 0.717) is 31.6 Å². The molecule has 2 atom stereocenters. The molecule has 27 heavy (non-hydrogen) atoms. The summed E-state index contributed by atoms with van der Waals surface area (Å²) < 4.78 is 5.35. The average Bonchev–Trinajstić information content (AvgIpc) is 2.65. The molecule has 1 aliphatic carbocycles. The number of ether oxygens (including phenoxy) is 1. The number of nitrogens with one attached hydrogen (secondary N) is 1. The molecular formula is C18H18ClNO7. The van der Waals surface area contributed by atoms with Crippen molar-refractivity contribution in [2.45, 2.75) is 24.3 Å². The third kappa shape index (κ3) is 3.24. The highest BCUT2D eigenvalue weighted by Gasteiger charge is 2.54. The number of aliphatic hydroxyl groups is 1. The second-order valence-corrected chi connectivity index (χ2v) is 7.06. The summed E-state index contributed by atoms with van der Waals surface area (Å²) in [6.07, 6.45) is 0.611. The summed E-state index contributed by atoms with van der Waals surface area (Å²) in [4.78, 5) is 49.9. The molecule has 2 aliphatic rings. The van der Waals surface area contributed by atoms with Crippen molar-refractivity contribution in [2.75, 3.05) is 19.8 Å². The van der Waals surface area contributed by atoms with Crippen molar-refractivity contribution in [3.8, 4) is 0 Å². The van der Waals surface area contributed by atoms with Gasteiger partial charge < -0.3 is 20.3 Å². The van der Waals surface area contributed by atoms with Crippen molar-refractivity contribution in [3.63, 3.8) is 0 Å². The number of halogens is 1. The molecule has 1 amide bonds. The zero-order valence-corrected chi connectivity index (χ0v) is 15.0. The summed E-state index contributed by atoms with van der Waals surface area (Å²) in [5.74, 6) is -5.50. The highest BCUT2D eigenvalue weighted by molar-refractivity contribution is 6.33. The van der Waals surface area contributed by atoms with E-state index in [1.165, 1.54) is 6.07 Å². The summed E-state index contributed by atoms with van der Waals surface area (Å²) in [6, 6.07) is 3.03. The number of rotatable bonds is 4. The molecule has 8 nitrogen and oxygen atoms in total. The Morgan fingerprint density at radius 3 is 2.56 bits per heavy atom. The van der Waals surface area contributed by atoms with E-state index < -0.39 is 47.4 Å². The number of carbonyl (C=O) groups excluding carboxylic acids is 3. The number of aliphatic hydroxyl groups excluding tert-OH is 1. The summed E-state index contributed by atoms with van der Waals surface area (Å²) >= 11 is 6.01. The van der Waals surface area contributed by atoms with Crippen molar-refractivity contribution < 1.29 is 34.1 Å². The van der Waals surface area contributed by atoms with Crippen LogP contribution in [0.4, 0.5) is 0 Å². The van der Waals surface area contributed by atoms with Gasteiger partial charge in [0.15, 0.2) is 17.5 Å². The molecular weight excluding hydrogens is 378 g/mol. The number of hydrogen-bond acceptors (Lipinski definition) is 6. The number of fused-ring (bicyclic) bond motifs is 2.